The number of aromatic nitrogens is 1. The summed E-state index contributed by atoms with van der Waals surface area (Å²) in [5.41, 5.74) is 1.09. The lowest BCUT2D eigenvalue weighted by molar-refractivity contribution is 0.300. The molecule has 2 aromatic heterocycles. The van der Waals surface area contributed by atoms with Crippen LogP contribution in [0, 0.1) is 0 Å². The summed E-state index contributed by atoms with van der Waals surface area (Å²) in [5.74, 6) is 1.74. The standard InChI is InChI=1S/C14H16N2O2/c1-2-13(8-15-6-1)18-10-11-5-7-17-14(11)9-16-12-3-4-12/h1-2,5-8,12,16H,3-4,9-10H2. The smallest absolute Gasteiger partial charge is 0.138 e. The molecule has 4 heteroatoms. The van der Waals surface area contributed by atoms with Gasteiger partial charge in [0.05, 0.1) is 19.0 Å². The molecule has 94 valence electrons. The number of furan rings is 1. The maximum absolute atomic E-state index is 5.66. The Morgan fingerprint density at radius 1 is 1.39 bits per heavy atom. The van der Waals surface area contributed by atoms with Gasteiger partial charge < -0.3 is 14.5 Å². The van der Waals surface area contributed by atoms with E-state index in [0.717, 1.165) is 23.6 Å². The molecule has 0 saturated heterocycles. The fourth-order valence-corrected chi connectivity index (χ4v) is 1.77. The van der Waals surface area contributed by atoms with Gasteiger partial charge in [0.1, 0.15) is 18.1 Å². The monoisotopic (exact) mass is 244 g/mol. The number of pyridine rings is 1. The van der Waals surface area contributed by atoms with Gasteiger partial charge in [-0.05, 0) is 31.0 Å². The van der Waals surface area contributed by atoms with Gasteiger partial charge in [0, 0.05) is 17.8 Å². The van der Waals surface area contributed by atoms with E-state index in [-0.39, 0.29) is 0 Å². The molecule has 1 aliphatic carbocycles. The fraction of sp³-hybridized carbons (Fsp3) is 0.357. The van der Waals surface area contributed by atoms with Crippen LogP contribution in [0.25, 0.3) is 0 Å². The zero-order chi connectivity index (χ0) is 12.2. The molecule has 1 aliphatic rings. The maximum Gasteiger partial charge on any atom is 0.138 e. The molecule has 2 aromatic rings. The SMILES string of the molecule is c1cncc(OCc2ccoc2CNC2CC2)c1. The highest BCUT2D eigenvalue weighted by molar-refractivity contribution is 5.20. The van der Waals surface area contributed by atoms with Crippen LogP contribution in [0.5, 0.6) is 5.75 Å². The quantitative estimate of drug-likeness (QED) is 0.848. The van der Waals surface area contributed by atoms with Crippen LogP contribution in [0.3, 0.4) is 0 Å². The van der Waals surface area contributed by atoms with Gasteiger partial charge in [0.2, 0.25) is 0 Å². The molecule has 1 saturated carbocycles. The number of nitrogens with zero attached hydrogens (tertiary/aromatic N) is 1. The molecule has 4 nitrogen and oxygen atoms in total. The lowest BCUT2D eigenvalue weighted by atomic mass is 10.2. The fourth-order valence-electron chi connectivity index (χ4n) is 1.77. The zero-order valence-electron chi connectivity index (χ0n) is 10.1. The van der Waals surface area contributed by atoms with E-state index in [9.17, 15) is 0 Å². The summed E-state index contributed by atoms with van der Waals surface area (Å²) in [5, 5.41) is 3.44. The van der Waals surface area contributed by atoms with Crippen molar-refractivity contribution < 1.29 is 9.15 Å². The summed E-state index contributed by atoms with van der Waals surface area (Å²) in [6.45, 7) is 1.30. The van der Waals surface area contributed by atoms with Gasteiger partial charge in [-0.25, -0.2) is 0 Å². The Morgan fingerprint density at radius 3 is 3.11 bits per heavy atom. The molecule has 0 amide bonds. The second-order valence-corrected chi connectivity index (χ2v) is 4.50. The highest BCUT2D eigenvalue weighted by atomic mass is 16.5. The first-order valence-electron chi connectivity index (χ1n) is 6.23. The summed E-state index contributed by atoms with van der Waals surface area (Å²) in [6, 6.07) is 6.40. The third-order valence-electron chi connectivity index (χ3n) is 3.00. The van der Waals surface area contributed by atoms with Gasteiger partial charge in [-0.1, -0.05) is 0 Å². The molecule has 0 aliphatic heterocycles. The Kier molecular flexibility index (Phi) is 3.28. The molecular weight excluding hydrogens is 228 g/mol. The minimum atomic E-state index is 0.518. The number of rotatable bonds is 6. The average molecular weight is 244 g/mol. The van der Waals surface area contributed by atoms with E-state index >= 15 is 0 Å². The van der Waals surface area contributed by atoms with Crippen LogP contribution in [0.4, 0.5) is 0 Å². The third kappa shape index (κ3) is 2.90. The van der Waals surface area contributed by atoms with E-state index in [1.807, 2.05) is 18.2 Å². The van der Waals surface area contributed by atoms with Crippen LogP contribution in [0.15, 0.2) is 41.3 Å². The van der Waals surface area contributed by atoms with Gasteiger partial charge in [-0.15, -0.1) is 0 Å². The minimum Gasteiger partial charge on any atom is -0.487 e. The van der Waals surface area contributed by atoms with Gasteiger partial charge >= 0.3 is 0 Å². The van der Waals surface area contributed by atoms with Gasteiger partial charge in [0.25, 0.3) is 0 Å². The van der Waals surface area contributed by atoms with E-state index in [1.165, 1.54) is 12.8 Å². The molecule has 0 radical (unpaired) electrons. The molecule has 18 heavy (non-hydrogen) atoms. The zero-order valence-corrected chi connectivity index (χ0v) is 10.1. The molecular formula is C14H16N2O2. The first-order chi connectivity index (χ1) is 8.92. The highest BCUT2D eigenvalue weighted by Crippen LogP contribution is 2.21. The molecule has 1 N–H and O–H groups in total. The van der Waals surface area contributed by atoms with E-state index in [1.54, 1.807) is 18.7 Å². The summed E-state index contributed by atoms with van der Waals surface area (Å²) >= 11 is 0. The lowest BCUT2D eigenvalue weighted by Crippen LogP contribution is -2.16. The average Bonchev–Trinajstić information content (AvgIpc) is 3.14. The summed E-state index contributed by atoms with van der Waals surface area (Å²) in [4.78, 5) is 4.01. The van der Waals surface area contributed by atoms with Crippen LogP contribution < -0.4 is 10.1 Å². The summed E-state index contributed by atoms with van der Waals surface area (Å²) in [6.07, 6.45) is 7.72. The molecule has 2 heterocycles. The predicted octanol–water partition coefficient (Wildman–Crippen LogP) is 2.51. The van der Waals surface area contributed by atoms with Crippen molar-refractivity contribution in [2.24, 2.45) is 0 Å². The van der Waals surface area contributed by atoms with Crippen molar-refractivity contribution in [3.63, 3.8) is 0 Å². The van der Waals surface area contributed by atoms with Crippen molar-refractivity contribution >= 4 is 0 Å². The van der Waals surface area contributed by atoms with Crippen LogP contribution in [-0.2, 0) is 13.2 Å². The van der Waals surface area contributed by atoms with E-state index in [4.69, 9.17) is 9.15 Å². The van der Waals surface area contributed by atoms with E-state index in [0.29, 0.717) is 12.6 Å². The van der Waals surface area contributed by atoms with Crippen LogP contribution in [0.1, 0.15) is 24.2 Å². The highest BCUT2D eigenvalue weighted by Gasteiger charge is 2.21. The molecule has 0 bridgehead atoms. The van der Waals surface area contributed by atoms with Crippen LogP contribution in [-0.4, -0.2) is 11.0 Å². The van der Waals surface area contributed by atoms with E-state index in [2.05, 4.69) is 10.3 Å². The van der Waals surface area contributed by atoms with Gasteiger partial charge in [-0.2, -0.15) is 0 Å². The first-order valence-corrected chi connectivity index (χ1v) is 6.23. The van der Waals surface area contributed by atoms with E-state index < -0.39 is 0 Å². The van der Waals surface area contributed by atoms with Crippen molar-refractivity contribution in [2.45, 2.75) is 32.0 Å². The Hall–Kier alpha value is -1.81. The summed E-state index contributed by atoms with van der Waals surface area (Å²) in [7, 11) is 0. The lowest BCUT2D eigenvalue weighted by Gasteiger charge is -2.06. The Bertz CT molecular complexity index is 492. The van der Waals surface area contributed by atoms with Crippen molar-refractivity contribution in [2.75, 3.05) is 0 Å². The summed E-state index contributed by atoms with van der Waals surface area (Å²) < 4.78 is 11.1. The molecule has 3 rings (SSSR count). The number of ether oxygens (including phenoxy) is 1. The first kappa shape index (κ1) is 11.3. The topological polar surface area (TPSA) is 47.3 Å². The van der Waals surface area contributed by atoms with Crippen molar-refractivity contribution in [1.82, 2.24) is 10.3 Å². The Balaban J connectivity index is 1.56. The van der Waals surface area contributed by atoms with Crippen LogP contribution in [0.2, 0.25) is 0 Å². The Labute approximate surface area is 106 Å². The Morgan fingerprint density at radius 2 is 2.33 bits per heavy atom. The maximum atomic E-state index is 5.66. The second-order valence-electron chi connectivity index (χ2n) is 4.50. The number of nitrogens with one attached hydrogen (secondary N) is 1. The third-order valence-corrected chi connectivity index (χ3v) is 3.00. The molecule has 1 fully saturated rings. The number of hydrogen-bond acceptors (Lipinski definition) is 4. The molecule has 0 spiro atoms. The van der Waals surface area contributed by atoms with Crippen molar-refractivity contribution in [1.29, 1.82) is 0 Å². The van der Waals surface area contributed by atoms with Gasteiger partial charge in [-0.3, -0.25) is 4.98 Å². The van der Waals surface area contributed by atoms with Gasteiger partial charge in [0.15, 0.2) is 0 Å². The predicted molar refractivity (Wildman–Crippen MR) is 67.1 cm³/mol. The minimum absolute atomic E-state index is 0.518. The largest absolute Gasteiger partial charge is 0.487 e. The normalized spacial score (nSPS) is 14.7. The van der Waals surface area contributed by atoms with Crippen LogP contribution >= 0.6 is 0 Å². The molecule has 0 aromatic carbocycles. The number of hydrogen-bond donors (Lipinski definition) is 1. The molecule has 0 unspecified atom stereocenters. The van der Waals surface area contributed by atoms with Crippen molar-refractivity contribution in [3.05, 3.63) is 48.2 Å². The molecule has 0 atom stereocenters. The second kappa shape index (κ2) is 5.23. The van der Waals surface area contributed by atoms with Crippen molar-refractivity contribution in [3.8, 4) is 5.75 Å².